The summed E-state index contributed by atoms with van der Waals surface area (Å²) in [5.74, 6) is 1.47. The fraction of sp³-hybridized carbons (Fsp3) is 0.364. The number of nitrogens with zero attached hydrogens (tertiary/aromatic N) is 3. The van der Waals surface area contributed by atoms with Crippen molar-refractivity contribution in [1.82, 2.24) is 14.8 Å². The minimum Gasteiger partial charge on any atom is -0.497 e. The molecule has 176 valence electrons. The third-order valence-electron chi connectivity index (χ3n) is 4.54. The molecule has 2 heterocycles. The zero-order valence-electron chi connectivity index (χ0n) is 19.1. The van der Waals surface area contributed by atoms with Crippen molar-refractivity contribution in [3.8, 4) is 11.5 Å². The van der Waals surface area contributed by atoms with Gasteiger partial charge in [0.2, 0.25) is 5.91 Å². The maximum Gasteiger partial charge on any atom is 0.341 e. The van der Waals surface area contributed by atoms with E-state index in [2.05, 4.69) is 15.5 Å². The lowest BCUT2D eigenvalue weighted by molar-refractivity contribution is -0.113. The van der Waals surface area contributed by atoms with Crippen molar-refractivity contribution in [3.63, 3.8) is 0 Å². The highest BCUT2D eigenvalue weighted by molar-refractivity contribution is 7.99. The van der Waals surface area contributed by atoms with E-state index in [0.29, 0.717) is 27.3 Å². The molecule has 0 aliphatic carbocycles. The van der Waals surface area contributed by atoms with Crippen molar-refractivity contribution < 1.29 is 23.8 Å². The topological polar surface area (TPSA) is 105 Å². The highest BCUT2D eigenvalue weighted by Gasteiger charge is 2.20. The number of aryl methyl sites for hydroxylation is 1. The van der Waals surface area contributed by atoms with Gasteiger partial charge in [-0.15, -0.1) is 21.5 Å². The van der Waals surface area contributed by atoms with Crippen molar-refractivity contribution in [2.45, 2.75) is 32.0 Å². The van der Waals surface area contributed by atoms with Crippen molar-refractivity contribution in [3.05, 3.63) is 46.6 Å². The molecule has 0 spiro atoms. The Morgan fingerprint density at radius 2 is 1.91 bits per heavy atom. The zero-order valence-corrected chi connectivity index (χ0v) is 20.7. The largest absolute Gasteiger partial charge is 0.497 e. The zero-order chi connectivity index (χ0) is 24.0. The van der Waals surface area contributed by atoms with Crippen LogP contribution < -0.4 is 14.8 Å². The van der Waals surface area contributed by atoms with E-state index in [4.69, 9.17) is 14.2 Å². The van der Waals surface area contributed by atoms with Gasteiger partial charge in [0.1, 0.15) is 16.5 Å². The lowest BCUT2D eigenvalue weighted by Gasteiger charge is -2.14. The molecular formula is C22H26N4O5S2. The molecule has 0 aliphatic heterocycles. The third-order valence-corrected chi connectivity index (χ3v) is 6.53. The van der Waals surface area contributed by atoms with Crippen LogP contribution in [0.3, 0.4) is 0 Å². The summed E-state index contributed by atoms with van der Waals surface area (Å²) in [7, 11) is 3.43. The second-order valence-corrected chi connectivity index (χ2v) is 9.19. The summed E-state index contributed by atoms with van der Waals surface area (Å²) in [5, 5.41) is 12.3. The smallest absolute Gasteiger partial charge is 0.341 e. The highest BCUT2D eigenvalue weighted by atomic mass is 32.2. The first kappa shape index (κ1) is 24.6. The summed E-state index contributed by atoms with van der Waals surface area (Å²) in [6, 6.07) is 9.00. The van der Waals surface area contributed by atoms with Crippen LogP contribution in [-0.4, -0.2) is 46.1 Å². The van der Waals surface area contributed by atoms with Gasteiger partial charge in [0.25, 0.3) is 0 Å². The predicted octanol–water partition coefficient (Wildman–Crippen LogP) is 4.24. The summed E-state index contributed by atoms with van der Waals surface area (Å²) in [4.78, 5) is 25.5. The Balaban J connectivity index is 1.59. The van der Waals surface area contributed by atoms with Crippen molar-refractivity contribution in [1.29, 1.82) is 0 Å². The fourth-order valence-corrected chi connectivity index (χ4v) is 4.61. The number of thioether (sulfide) groups is 1. The van der Waals surface area contributed by atoms with Gasteiger partial charge in [-0.05, 0) is 51.1 Å². The van der Waals surface area contributed by atoms with Gasteiger partial charge in [-0.2, -0.15) is 0 Å². The molecule has 1 N–H and O–H groups in total. The lowest BCUT2D eigenvalue weighted by Crippen LogP contribution is -2.16. The summed E-state index contributed by atoms with van der Waals surface area (Å²) < 4.78 is 18.0. The number of benzene rings is 1. The van der Waals surface area contributed by atoms with Crippen LogP contribution in [-0.2, 0) is 16.6 Å². The first-order valence-corrected chi connectivity index (χ1v) is 12.0. The van der Waals surface area contributed by atoms with Crippen molar-refractivity contribution in [2.24, 2.45) is 7.05 Å². The average molecular weight is 491 g/mol. The number of amides is 1. The lowest BCUT2D eigenvalue weighted by atomic mass is 10.3. The Bertz CT molecular complexity index is 1110. The van der Waals surface area contributed by atoms with Crippen LogP contribution in [0.1, 0.15) is 41.0 Å². The molecule has 1 aromatic carbocycles. The number of anilines is 1. The summed E-state index contributed by atoms with van der Waals surface area (Å²) in [6.07, 6.45) is -0.347. The number of carbonyl (C=O) groups excluding carboxylic acids is 2. The molecule has 1 amide bonds. The quantitative estimate of drug-likeness (QED) is 0.332. The van der Waals surface area contributed by atoms with Crippen LogP contribution in [0.2, 0.25) is 0 Å². The maximum absolute atomic E-state index is 12.5. The second-order valence-electron chi connectivity index (χ2n) is 6.99. The Morgan fingerprint density at radius 1 is 1.21 bits per heavy atom. The second kappa shape index (κ2) is 11.2. The standard InChI is InChI=1S/C22H26N4O5S2/c1-6-30-21(28)17-11-13(2)33-20(17)23-18(27)12-32-22-25-24-19(26(22)4)14(3)31-16-9-7-15(29-5)8-10-16/h7-11,14H,6,12H2,1-5H3,(H,23,27). The molecule has 0 radical (unpaired) electrons. The normalized spacial score (nSPS) is 11.7. The van der Waals surface area contributed by atoms with Gasteiger partial charge in [-0.25, -0.2) is 4.79 Å². The average Bonchev–Trinajstić information content (AvgIpc) is 3.34. The monoisotopic (exact) mass is 490 g/mol. The molecule has 33 heavy (non-hydrogen) atoms. The van der Waals surface area contributed by atoms with Crippen LogP contribution in [0.15, 0.2) is 35.5 Å². The van der Waals surface area contributed by atoms with Crippen molar-refractivity contribution >= 4 is 40.0 Å². The number of carbonyl (C=O) groups is 2. The first-order chi connectivity index (χ1) is 15.8. The third kappa shape index (κ3) is 6.26. The SMILES string of the molecule is CCOC(=O)c1cc(C)sc1NC(=O)CSc1nnc(C(C)Oc2ccc(OC)cc2)n1C. The van der Waals surface area contributed by atoms with Gasteiger partial charge < -0.3 is 24.1 Å². The number of rotatable bonds is 10. The summed E-state index contributed by atoms with van der Waals surface area (Å²) in [5.41, 5.74) is 0.364. The highest BCUT2D eigenvalue weighted by Crippen LogP contribution is 2.29. The molecule has 1 unspecified atom stereocenters. The Labute approximate surface area is 200 Å². The number of hydrogen-bond donors (Lipinski definition) is 1. The van der Waals surface area contributed by atoms with E-state index in [0.717, 1.165) is 10.6 Å². The molecular weight excluding hydrogens is 464 g/mol. The van der Waals surface area contributed by atoms with E-state index in [-0.39, 0.29) is 24.4 Å². The molecule has 0 saturated carbocycles. The number of nitrogens with one attached hydrogen (secondary N) is 1. The van der Waals surface area contributed by atoms with Gasteiger partial charge in [0.05, 0.1) is 25.0 Å². The van der Waals surface area contributed by atoms with E-state index >= 15 is 0 Å². The van der Waals surface area contributed by atoms with E-state index in [1.807, 2.05) is 45.2 Å². The molecule has 3 aromatic rings. The molecule has 0 saturated heterocycles. The Hall–Kier alpha value is -3.05. The van der Waals surface area contributed by atoms with Crippen LogP contribution >= 0.6 is 23.1 Å². The van der Waals surface area contributed by atoms with Gasteiger partial charge in [-0.3, -0.25) is 4.79 Å². The van der Waals surface area contributed by atoms with Crippen LogP contribution in [0, 0.1) is 6.92 Å². The summed E-state index contributed by atoms with van der Waals surface area (Å²) in [6.45, 7) is 5.76. The van der Waals surface area contributed by atoms with E-state index < -0.39 is 5.97 Å². The number of ether oxygens (including phenoxy) is 3. The Morgan fingerprint density at radius 3 is 2.58 bits per heavy atom. The van der Waals surface area contributed by atoms with Gasteiger partial charge in [0.15, 0.2) is 17.1 Å². The van der Waals surface area contributed by atoms with Gasteiger partial charge >= 0.3 is 5.97 Å². The first-order valence-electron chi connectivity index (χ1n) is 10.2. The van der Waals surface area contributed by atoms with Crippen LogP contribution in [0.5, 0.6) is 11.5 Å². The molecule has 0 aliphatic rings. The molecule has 9 nitrogen and oxygen atoms in total. The minimum absolute atomic E-state index is 0.110. The van der Waals surface area contributed by atoms with Crippen LogP contribution in [0.4, 0.5) is 5.00 Å². The number of esters is 1. The van der Waals surface area contributed by atoms with Crippen LogP contribution in [0.25, 0.3) is 0 Å². The molecule has 0 bridgehead atoms. The Kier molecular flexibility index (Phi) is 8.34. The number of methoxy groups -OCH3 is 1. The van der Waals surface area contributed by atoms with Gasteiger partial charge in [0, 0.05) is 11.9 Å². The molecule has 3 rings (SSSR count). The molecule has 1 atom stereocenters. The number of thiophene rings is 1. The number of hydrogen-bond acceptors (Lipinski definition) is 9. The maximum atomic E-state index is 12.5. The van der Waals surface area contributed by atoms with E-state index in [1.54, 1.807) is 24.7 Å². The minimum atomic E-state index is -0.450. The van der Waals surface area contributed by atoms with E-state index in [9.17, 15) is 9.59 Å². The molecule has 2 aromatic heterocycles. The van der Waals surface area contributed by atoms with Crippen molar-refractivity contribution in [2.75, 3.05) is 24.8 Å². The molecule has 11 heteroatoms. The fourth-order valence-electron chi connectivity index (χ4n) is 2.98. The summed E-state index contributed by atoms with van der Waals surface area (Å²) >= 11 is 2.58. The van der Waals surface area contributed by atoms with E-state index in [1.165, 1.54) is 23.1 Å². The molecule has 0 fully saturated rings. The number of aromatic nitrogens is 3. The van der Waals surface area contributed by atoms with Gasteiger partial charge in [-0.1, -0.05) is 11.8 Å². The predicted molar refractivity (Wildman–Crippen MR) is 127 cm³/mol.